The van der Waals surface area contributed by atoms with Crippen molar-refractivity contribution in [1.29, 1.82) is 0 Å². The van der Waals surface area contributed by atoms with Crippen molar-refractivity contribution in [2.45, 2.75) is 109 Å². The fraction of sp³-hybridized carbons (Fsp3) is 0.593. The summed E-state index contributed by atoms with van der Waals surface area (Å²) in [5.41, 5.74) is 1.84. The van der Waals surface area contributed by atoms with Gasteiger partial charge in [0, 0.05) is 116 Å². The maximum Gasteiger partial charge on any atom is 0.326 e. The zero-order valence-electron chi connectivity index (χ0n) is 46.6. The number of halogens is 1. The lowest BCUT2D eigenvalue weighted by atomic mass is 10.1. The molecule has 0 saturated carbocycles. The summed E-state index contributed by atoms with van der Waals surface area (Å²) in [6, 6.07) is 6.23. The first-order valence-electron chi connectivity index (χ1n) is 27.6. The fourth-order valence-electron chi connectivity index (χ4n) is 8.76. The van der Waals surface area contributed by atoms with Crippen molar-refractivity contribution < 1.29 is 83.4 Å². The van der Waals surface area contributed by atoms with Gasteiger partial charge in [-0.3, -0.25) is 58.0 Å². The summed E-state index contributed by atoms with van der Waals surface area (Å²) < 4.78 is 0.599. The molecular weight excluding hydrogens is 1150 g/mol. The lowest BCUT2D eigenvalue weighted by Gasteiger charge is -2.32. The highest BCUT2D eigenvalue weighted by Gasteiger charge is 2.26. The Labute approximate surface area is 489 Å². The summed E-state index contributed by atoms with van der Waals surface area (Å²) in [4.78, 5) is 146. The van der Waals surface area contributed by atoms with Gasteiger partial charge < -0.3 is 62.1 Å². The zero-order valence-corrected chi connectivity index (χ0v) is 48.2. The summed E-state index contributed by atoms with van der Waals surface area (Å²) in [6.45, 7) is 3.07. The third-order valence-corrected chi connectivity index (χ3v) is 13.8. The van der Waals surface area contributed by atoms with E-state index in [-0.39, 0.29) is 115 Å². The molecule has 0 bridgehead atoms. The van der Waals surface area contributed by atoms with Crippen molar-refractivity contribution in [1.82, 2.24) is 56.1 Å². The van der Waals surface area contributed by atoms with E-state index in [4.69, 9.17) is 5.11 Å². The number of hydrogen-bond donors (Lipinski definition) is 11. The summed E-state index contributed by atoms with van der Waals surface area (Å²) >= 11 is 3.30. The highest BCUT2D eigenvalue weighted by molar-refractivity contribution is 9.10. The number of aliphatic carboxylic acids is 6. The molecule has 1 aliphatic heterocycles. The van der Waals surface area contributed by atoms with E-state index in [2.05, 4.69) is 47.5 Å². The fourth-order valence-corrected chi connectivity index (χ4v) is 9.00. The average Bonchev–Trinajstić information content (AvgIpc) is 3.42. The van der Waals surface area contributed by atoms with Crippen LogP contribution in [-0.2, 0) is 56.2 Å². The van der Waals surface area contributed by atoms with Gasteiger partial charge in [-0.25, -0.2) is 19.4 Å². The Hall–Kier alpha value is -7.34. The molecule has 460 valence electrons. The van der Waals surface area contributed by atoms with Crippen LogP contribution in [0.3, 0.4) is 0 Å². The second-order valence-corrected chi connectivity index (χ2v) is 20.9. The molecule has 83 heavy (non-hydrogen) atoms. The lowest BCUT2D eigenvalue weighted by Crippen LogP contribution is -2.51. The molecule has 1 saturated heterocycles. The smallest absolute Gasteiger partial charge is 0.326 e. The van der Waals surface area contributed by atoms with Crippen LogP contribution in [0.15, 0.2) is 47.2 Å². The van der Waals surface area contributed by atoms with Crippen LogP contribution in [-0.4, -0.2) is 236 Å². The largest absolute Gasteiger partial charge is 0.481 e. The van der Waals surface area contributed by atoms with E-state index in [1.54, 1.807) is 62.2 Å². The van der Waals surface area contributed by atoms with Gasteiger partial charge >= 0.3 is 41.8 Å². The van der Waals surface area contributed by atoms with Gasteiger partial charge in [0.05, 0.1) is 26.2 Å². The van der Waals surface area contributed by atoms with Gasteiger partial charge in [0.25, 0.3) is 5.91 Å². The molecule has 0 radical (unpaired) electrons. The van der Waals surface area contributed by atoms with Crippen LogP contribution in [0.5, 0.6) is 0 Å². The predicted octanol–water partition coefficient (Wildman–Crippen LogP) is 1.17. The van der Waals surface area contributed by atoms with Crippen LogP contribution in [0.25, 0.3) is 0 Å². The van der Waals surface area contributed by atoms with E-state index in [1.807, 2.05) is 4.90 Å². The molecule has 2 aromatic rings. The summed E-state index contributed by atoms with van der Waals surface area (Å²) in [5.74, 6) is -8.04. The standard InChI is InChI=1S/C54H80BrN11O17/c55-43-18-14-39(32-58-43)33-66(22-8-5-9-41(52(79)80)60-54(83)61-42(53(81)82)17-19-47(70)71)51(78)40-15-12-38(13-16-40)31-59-45(68)11-4-7-21-56-44(67)10-3-1-2-6-20-57-46(69)34-62-23-25-63(35-48(72)73)27-29-65(37-50(76)77)30-28-64(26-24-62)36-49(74)75/h12-16,18,32,41-42H,1-11,17,19-31,33-37H2,(H,56,67)(H,57,69)(H,59,68)(H,70,71)(H,72,73)(H,74,75)(H,76,77)(H,79,80)(H,81,82)(H2,60,61,83)/t41-,42-/m1/s1. The van der Waals surface area contributed by atoms with Crippen LogP contribution in [0.1, 0.15) is 105 Å². The van der Waals surface area contributed by atoms with Crippen LogP contribution >= 0.6 is 15.9 Å². The van der Waals surface area contributed by atoms with Crippen molar-refractivity contribution in [3.63, 3.8) is 0 Å². The number of nitrogens with one attached hydrogen (secondary N) is 5. The molecule has 0 spiro atoms. The lowest BCUT2D eigenvalue weighted by molar-refractivity contribution is -0.141. The van der Waals surface area contributed by atoms with Crippen LogP contribution in [0, 0.1) is 0 Å². The van der Waals surface area contributed by atoms with E-state index in [0.717, 1.165) is 24.0 Å². The van der Waals surface area contributed by atoms with E-state index in [9.17, 15) is 78.3 Å². The first kappa shape index (κ1) is 69.9. The number of unbranched alkanes of at least 4 members (excludes halogenated alkanes) is 5. The molecular formula is C54H80BrN11O17. The quantitative estimate of drug-likeness (QED) is 0.0334. The molecule has 29 heteroatoms. The number of aromatic nitrogens is 1. The number of carboxylic acid groups (broad SMARTS) is 6. The third-order valence-electron chi connectivity index (χ3n) is 13.3. The van der Waals surface area contributed by atoms with Gasteiger partial charge in [0.2, 0.25) is 17.7 Å². The van der Waals surface area contributed by atoms with Gasteiger partial charge in [-0.05, 0) is 96.6 Å². The summed E-state index contributed by atoms with van der Waals surface area (Å²) in [5, 5.41) is 69.2. The number of carboxylic acids is 6. The molecule has 11 N–H and O–H groups in total. The molecule has 2 heterocycles. The van der Waals surface area contributed by atoms with Gasteiger partial charge in [-0.1, -0.05) is 31.0 Å². The SMILES string of the molecule is O=C(O)CC[C@@H](NC(=O)N[C@H](CCCCN(Cc1ccc(Br)nc1)C(=O)c1ccc(CNC(=O)CCCCNC(=O)CCCCCCNC(=O)CN2CCN(CC(=O)O)CCN(CC(=O)O)CCN(CC(=O)O)CC2)cc1)C(=O)O)C(=O)O. The molecule has 0 unspecified atom stereocenters. The van der Waals surface area contributed by atoms with Crippen molar-refractivity contribution in [2.75, 3.05) is 98.2 Å². The minimum atomic E-state index is -1.54. The average molecular weight is 1240 g/mol. The van der Waals surface area contributed by atoms with E-state index in [0.29, 0.717) is 88.0 Å². The Morgan fingerprint density at radius 1 is 0.494 bits per heavy atom. The number of amides is 6. The number of nitrogens with zero attached hydrogens (tertiary/aromatic N) is 6. The second kappa shape index (κ2) is 39.2. The van der Waals surface area contributed by atoms with Crippen LogP contribution in [0.2, 0.25) is 0 Å². The first-order valence-corrected chi connectivity index (χ1v) is 28.4. The Morgan fingerprint density at radius 2 is 0.952 bits per heavy atom. The molecule has 2 atom stereocenters. The number of hydrogen-bond acceptors (Lipinski definition) is 16. The first-order chi connectivity index (χ1) is 39.6. The van der Waals surface area contributed by atoms with E-state index in [1.165, 1.54) is 0 Å². The highest BCUT2D eigenvalue weighted by atomic mass is 79.9. The molecule has 0 aliphatic carbocycles. The van der Waals surface area contributed by atoms with Gasteiger partial charge in [-0.2, -0.15) is 0 Å². The molecule has 1 aromatic heterocycles. The summed E-state index contributed by atoms with van der Waals surface area (Å²) in [7, 11) is 0. The number of carbonyl (C=O) groups excluding carboxylic acids is 5. The minimum Gasteiger partial charge on any atom is -0.481 e. The maximum absolute atomic E-state index is 13.8. The normalized spacial score (nSPS) is 14.6. The molecule has 28 nitrogen and oxygen atoms in total. The number of carbonyl (C=O) groups is 11. The van der Waals surface area contributed by atoms with Crippen molar-refractivity contribution >= 4 is 81.4 Å². The minimum absolute atomic E-state index is 0.0255. The van der Waals surface area contributed by atoms with Crippen LogP contribution in [0.4, 0.5) is 4.79 Å². The van der Waals surface area contributed by atoms with E-state index >= 15 is 0 Å². The third kappa shape index (κ3) is 31.6. The molecule has 1 aromatic carbocycles. The number of benzene rings is 1. The topological polar surface area (TPSA) is 398 Å². The monoisotopic (exact) mass is 1230 g/mol. The zero-order chi connectivity index (χ0) is 61.1. The second-order valence-electron chi connectivity index (χ2n) is 20.1. The number of urea groups is 1. The van der Waals surface area contributed by atoms with Gasteiger partial charge in [-0.15, -0.1) is 0 Å². The van der Waals surface area contributed by atoms with E-state index < -0.39 is 66.8 Å². The predicted molar refractivity (Wildman–Crippen MR) is 302 cm³/mol. The number of rotatable bonds is 37. The number of pyridine rings is 1. The van der Waals surface area contributed by atoms with Gasteiger partial charge in [0.1, 0.15) is 16.7 Å². The molecule has 3 rings (SSSR count). The molecule has 6 amide bonds. The van der Waals surface area contributed by atoms with Crippen molar-refractivity contribution in [3.05, 3.63) is 63.9 Å². The van der Waals surface area contributed by atoms with Crippen molar-refractivity contribution in [2.24, 2.45) is 0 Å². The Balaban J connectivity index is 1.34. The summed E-state index contributed by atoms with van der Waals surface area (Å²) in [6.07, 6.45) is 5.81. The Kier molecular flexibility index (Phi) is 33.0. The Bertz CT molecular complexity index is 2410. The Morgan fingerprint density at radius 3 is 1.45 bits per heavy atom. The molecule has 1 aliphatic rings. The van der Waals surface area contributed by atoms with Gasteiger partial charge in [0.15, 0.2) is 0 Å². The molecule has 1 fully saturated rings. The highest BCUT2D eigenvalue weighted by Crippen LogP contribution is 2.16. The van der Waals surface area contributed by atoms with Crippen molar-refractivity contribution in [3.8, 4) is 0 Å². The maximum atomic E-state index is 13.8. The van der Waals surface area contributed by atoms with Crippen LogP contribution < -0.4 is 26.6 Å².